The molecule has 9 heteroatoms. The molecule has 1 heterocycles. The van der Waals surface area contributed by atoms with Crippen LogP contribution < -0.4 is 10.6 Å². The van der Waals surface area contributed by atoms with E-state index >= 15 is 0 Å². The Morgan fingerprint density at radius 1 is 1.12 bits per heavy atom. The zero-order valence-electron chi connectivity index (χ0n) is 19.8. The minimum Gasteiger partial charge on any atom is -0.382 e. The quantitative estimate of drug-likeness (QED) is 0.416. The number of nitrogens with zero attached hydrogens (tertiary/aromatic N) is 3. The molecule has 0 aliphatic carbocycles. The number of para-hydroxylation sites is 1. The number of carbonyl (C=O) groups excluding carboxylic acids is 2. The molecule has 3 amide bonds. The van der Waals surface area contributed by atoms with Crippen LogP contribution in [-0.2, 0) is 11.2 Å². The van der Waals surface area contributed by atoms with Crippen LogP contribution in [0, 0.1) is 6.92 Å². The Morgan fingerprint density at radius 3 is 2.62 bits per heavy atom. The van der Waals surface area contributed by atoms with Gasteiger partial charge in [-0.25, -0.2) is 4.79 Å². The number of benzene rings is 2. The maximum atomic E-state index is 12.4. The van der Waals surface area contributed by atoms with Crippen LogP contribution in [0.25, 0.3) is 11.5 Å². The van der Waals surface area contributed by atoms with Gasteiger partial charge >= 0.3 is 6.03 Å². The van der Waals surface area contributed by atoms with E-state index < -0.39 is 0 Å². The van der Waals surface area contributed by atoms with Gasteiger partial charge < -0.3 is 24.8 Å². The summed E-state index contributed by atoms with van der Waals surface area (Å²) in [7, 11) is 1.72. The minimum atomic E-state index is -0.204. The molecule has 3 aromatic rings. The average Bonchev–Trinajstić information content (AvgIpc) is 3.33. The predicted octanol–water partition coefficient (Wildman–Crippen LogP) is 3.91. The molecule has 0 bridgehead atoms. The number of urea groups is 1. The van der Waals surface area contributed by atoms with Crippen LogP contribution in [-0.4, -0.2) is 60.3 Å². The van der Waals surface area contributed by atoms with E-state index in [1.54, 1.807) is 36.2 Å². The molecule has 0 saturated carbocycles. The number of hydrogen-bond acceptors (Lipinski definition) is 6. The minimum absolute atomic E-state index is 0.138. The molecular weight excluding hydrogens is 434 g/mol. The van der Waals surface area contributed by atoms with Crippen molar-refractivity contribution in [2.75, 3.05) is 38.7 Å². The first-order chi connectivity index (χ1) is 16.5. The van der Waals surface area contributed by atoms with Crippen molar-refractivity contribution >= 4 is 17.6 Å². The lowest BCUT2D eigenvalue weighted by Gasteiger charge is -2.18. The number of amides is 3. The first-order valence-corrected chi connectivity index (χ1v) is 11.3. The van der Waals surface area contributed by atoms with Gasteiger partial charge in [-0.05, 0) is 56.2 Å². The topological polar surface area (TPSA) is 110 Å². The van der Waals surface area contributed by atoms with E-state index in [1.165, 1.54) is 0 Å². The fraction of sp³-hybridized carbons (Fsp3) is 0.360. The molecule has 3 rings (SSSR count). The molecule has 0 spiro atoms. The second-order valence-electron chi connectivity index (χ2n) is 7.82. The molecule has 0 aliphatic heterocycles. The third-order valence-electron chi connectivity index (χ3n) is 5.22. The van der Waals surface area contributed by atoms with Crippen LogP contribution >= 0.6 is 0 Å². The van der Waals surface area contributed by atoms with E-state index in [9.17, 15) is 9.59 Å². The SMILES string of the molecule is CCOCCCNC(=O)c1ccc(-c2nc(CCN(C)C(=O)Nc3ccccc3C)no2)cc1. The molecule has 0 radical (unpaired) electrons. The van der Waals surface area contributed by atoms with Gasteiger partial charge in [-0.1, -0.05) is 23.4 Å². The van der Waals surface area contributed by atoms with Gasteiger partial charge in [-0.15, -0.1) is 0 Å². The van der Waals surface area contributed by atoms with Gasteiger partial charge in [-0.2, -0.15) is 4.98 Å². The van der Waals surface area contributed by atoms with Crippen LogP contribution in [0.2, 0.25) is 0 Å². The summed E-state index contributed by atoms with van der Waals surface area (Å²) in [5, 5.41) is 9.77. The van der Waals surface area contributed by atoms with Crippen molar-refractivity contribution in [2.45, 2.75) is 26.7 Å². The monoisotopic (exact) mass is 465 g/mol. The molecule has 34 heavy (non-hydrogen) atoms. The average molecular weight is 466 g/mol. The van der Waals surface area contributed by atoms with E-state index in [1.807, 2.05) is 38.1 Å². The first kappa shape index (κ1) is 24.9. The highest BCUT2D eigenvalue weighted by atomic mass is 16.5. The largest absolute Gasteiger partial charge is 0.382 e. The lowest BCUT2D eigenvalue weighted by atomic mass is 10.1. The lowest BCUT2D eigenvalue weighted by molar-refractivity contribution is 0.0944. The van der Waals surface area contributed by atoms with Crippen molar-refractivity contribution in [2.24, 2.45) is 0 Å². The lowest BCUT2D eigenvalue weighted by Crippen LogP contribution is -2.33. The number of ether oxygens (including phenoxy) is 1. The molecule has 0 saturated heterocycles. The van der Waals surface area contributed by atoms with E-state index in [2.05, 4.69) is 20.8 Å². The number of rotatable bonds is 11. The van der Waals surface area contributed by atoms with Gasteiger partial charge in [0.2, 0.25) is 0 Å². The summed E-state index contributed by atoms with van der Waals surface area (Å²) >= 11 is 0. The molecule has 2 N–H and O–H groups in total. The fourth-order valence-corrected chi connectivity index (χ4v) is 3.15. The normalized spacial score (nSPS) is 10.7. The standard InChI is InChI=1S/C25H31N5O4/c1-4-33-17-7-15-26-23(31)19-10-12-20(13-11-19)24-28-22(29-34-24)14-16-30(3)25(32)27-21-9-6-5-8-18(21)2/h5-6,8-13H,4,7,14-17H2,1-3H3,(H,26,31)(H,27,32). The van der Waals surface area contributed by atoms with Gasteiger partial charge in [-0.3, -0.25) is 4.79 Å². The summed E-state index contributed by atoms with van der Waals surface area (Å²) in [5.74, 6) is 0.730. The fourth-order valence-electron chi connectivity index (χ4n) is 3.15. The van der Waals surface area contributed by atoms with E-state index in [4.69, 9.17) is 9.26 Å². The number of aromatic nitrogens is 2. The maximum absolute atomic E-state index is 12.4. The van der Waals surface area contributed by atoms with Crippen LogP contribution in [0.5, 0.6) is 0 Å². The molecular formula is C25H31N5O4. The molecule has 0 aliphatic rings. The highest BCUT2D eigenvalue weighted by Gasteiger charge is 2.14. The molecule has 0 unspecified atom stereocenters. The number of carbonyl (C=O) groups is 2. The Bertz CT molecular complexity index is 1080. The molecule has 2 aromatic carbocycles. The van der Waals surface area contributed by atoms with Crippen LogP contribution in [0.15, 0.2) is 53.1 Å². The van der Waals surface area contributed by atoms with Gasteiger partial charge in [0.25, 0.3) is 11.8 Å². The van der Waals surface area contributed by atoms with Crippen molar-refractivity contribution in [3.05, 3.63) is 65.5 Å². The van der Waals surface area contributed by atoms with E-state index in [0.29, 0.717) is 50.0 Å². The number of anilines is 1. The Kier molecular flexibility index (Phi) is 9.16. The third kappa shape index (κ3) is 7.14. The van der Waals surface area contributed by atoms with Crippen LogP contribution in [0.1, 0.15) is 35.1 Å². The van der Waals surface area contributed by atoms with Gasteiger partial charge in [0.15, 0.2) is 5.82 Å². The third-order valence-corrected chi connectivity index (χ3v) is 5.22. The van der Waals surface area contributed by atoms with Crippen molar-refractivity contribution in [3.8, 4) is 11.5 Å². The molecule has 0 atom stereocenters. The highest BCUT2D eigenvalue weighted by molar-refractivity contribution is 5.94. The first-order valence-electron chi connectivity index (χ1n) is 11.3. The van der Waals surface area contributed by atoms with Gasteiger partial charge in [0.1, 0.15) is 0 Å². The Labute approximate surface area is 199 Å². The highest BCUT2D eigenvalue weighted by Crippen LogP contribution is 2.18. The van der Waals surface area contributed by atoms with Crippen molar-refractivity contribution in [1.29, 1.82) is 0 Å². The second kappa shape index (κ2) is 12.5. The Balaban J connectivity index is 1.48. The summed E-state index contributed by atoms with van der Waals surface area (Å²) in [5.41, 5.74) is 3.06. The van der Waals surface area contributed by atoms with Crippen molar-refractivity contribution in [3.63, 3.8) is 0 Å². The van der Waals surface area contributed by atoms with Crippen molar-refractivity contribution in [1.82, 2.24) is 20.4 Å². The Hall–Kier alpha value is -3.72. The van der Waals surface area contributed by atoms with Crippen molar-refractivity contribution < 1.29 is 18.8 Å². The van der Waals surface area contributed by atoms with E-state index in [-0.39, 0.29) is 11.9 Å². The number of likely N-dealkylation sites (N-methyl/N-ethyl adjacent to an activating group) is 1. The van der Waals surface area contributed by atoms with Crippen LogP contribution in [0.4, 0.5) is 10.5 Å². The van der Waals surface area contributed by atoms with E-state index in [0.717, 1.165) is 23.2 Å². The maximum Gasteiger partial charge on any atom is 0.321 e. The summed E-state index contributed by atoms with van der Waals surface area (Å²) in [6, 6.07) is 14.4. The summed E-state index contributed by atoms with van der Waals surface area (Å²) < 4.78 is 10.6. The van der Waals surface area contributed by atoms with Gasteiger partial charge in [0.05, 0.1) is 0 Å². The Morgan fingerprint density at radius 2 is 1.88 bits per heavy atom. The smallest absolute Gasteiger partial charge is 0.321 e. The zero-order chi connectivity index (χ0) is 24.3. The molecule has 1 aromatic heterocycles. The number of hydrogen-bond donors (Lipinski definition) is 2. The summed E-state index contributed by atoms with van der Waals surface area (Å²) in [6.45, 7) is 6.18. The van der Waals surface area contributed by atoms with Gasteiger partial charge in [0, 0.05) is 56.6 Å². The molecule has 9 nitrogen and oxygen atoms in total. The number of aryl methyl sites for hydroxylation is 1. The zero-order valence-corrected chi connectivity index (χ0v) is 19.8. The molecule has 180 valence electrons. The second-order valence-corrected chi connectivity index (χ2v) is 7.82. The molecule has 0 fully saturated rings. The predicted molar refractivity (Wildman–Crippen MR) is 130 cm³/mol. The summed E-state index contributed by atoms with van der Waals surface area (Å²) in [6.07, 6.45) is 1.22. The summed E-state index contributed by atoms with van der Waals surface area (Å²) in [4.78, 5) is 30.6. The number of nitrogens with one attached hydrogen (secondary N) is 2. The van der Waals surface area contributed by atoms with Crippen LogP contribution in [0.3, 0.4) is 0 Å².